The van der Waals surface area contributed by atoms with Crippen molar-refractivity contribution in [1.29, 1.82) is 0 Å². The largest absolute Gasteiger partial charge is 0.464 e. The van der Waals surface area contributed by atoms with Gasteiger partial charge in [0.1, 0.15) is 11.6 Å². The van der Waals surface area contributed by atoms with Gasteiger partial charge in [0.2, 0.25) is 0 Å². The number of amides is 2. The first kappa shape index (κ1) is 18.0. The van der Waals surface area contributed by atoms with Crippen LogP contribution in [0.4, 0.5) is 4.79 Å². The minimum absolute atomic E-state index is 0.120. The molecule has 7 heteroatoms. The summed E-state index contributed by atoms with van der Waals surface area (Å²) in [6, 6.07) is -0.978. The maximum atomic E-state index is 12.4. The Morgan fingerprint density at radius 3 is 2.41 bits per heavy atom. The molecule has 1 rings (SSSR count). The van der Waals surface area contributed by atoms with Crippen LogP contribution in [0.5, 0.6) is 0 Å². The van der Waals surface area contributed by atoms with Gasteiger partial charge in [0.15, 0.2) is 0 Å². The van der Waals surface area contributed by atoms with Crippen LogP contribution in [0.1, 0.15) is 34.1 Å². The first-order valence-corrected chi connectivity index (χ1v) is 7.17. The SMILES string of the molecule is CCOC(=O)[C@@H]1C/C(=C\N(C)C)C(=O)N1C(=O)OC(C)(C)C. The highest BCUT2D eigenvalue weighted by atomic mass is 16.6. The van der Waals surface area contributed by atoms with Crippen LogP contribution in [0.2, 0.25) is 0 Å². The lowest BCUT2D eigenvalue weighted by Crippen LogP contribution is -2.46. The predicted molar refractivity (Wildman–Crippen MR) is 79.9 cm³/mol. The molecule has 1 saturated heterocycles. The first-order valence-electron chi connectivity index (χ1n) is 7.17. The van der Waals surface area contributed by atoms with Crippen LogP contribution >= 0.6 is 0 Å². The normalized spacial score (nSPS) is 20.3. The number of hydrogen-bond donors (Lipinski definition) is 0. The maximum absolute atomic E-state index is 12.4. The number of carbonyl (C=O) groups excluding carboxylic acids is 3. The minimum atomic E-state index is -0.978. The van der Waals surface area contributed by atoms with Crippen molar-refractivity contribution >= 4 is 18.0 Å². The fraction of sp³-hybridized carbons (Fsp3) is 0.667. The van der Waals surface area contributed by atoms with Crippen molar-refractivity contribution in [1.82, 2.24) is 9.80 Å². The van der Waals surface area contributed by atoms with Crippen LogP contribution in [-0.4, -0.2) is 60.1 Å². The molecule has 0 bridgehead atoms. The Kier molecular flexibility index (Phi) is 5.57. The molecule has 0 aromatic heterocycles. The summed E-state index contributed by atoms with van der Waals surface area (Å²) in [5.41, 5.74) is -0.390. The molecule has 0 spiro atoms. The fourth-order valence-corrected chi connectivity index (χ4v) is 2.05. The lowest BCUT2D eigenvalue weighted by molar-refractivity contribution is -0.150. The van der Waals surface area contributed by atoms with Gasteiger partial charge < -0.3 is 14.4 Å². The van der Waals surface area contributed by atoms with Crippen LogP contribution in [0.3, 0.4) is 0 Å². The summed E-state index contributed by atoms with van der Waals surface area (Å²) in [6.07, 6.45) is 0.881. The molecule has 1 heterocycles. The van der Waals surface area contributed by atoms with Crippen molar-refractivity contribution in [3.63, 3.8) is 0 Å². The molecule has 1 aliphatic heterocycles. The van der Waals surface area contributed by atoms with Crippen LogP contribution in [0, 0.1) is 0 Å². The standard InChI is InChI=1S/C15H24N2O5/c1-7-21-13(19)11-8-10(9-16(5)6)12(18)17(11)14(20)22-15(2,3)4/h9,11H,7-8H2,1-6H3/b10-9+/t11-/m0/s1. The van der Waals surface area contributed by atoms with Crippen molar-refractivity contribution < 1.29 is 23.9 Å². The van der Waals surface area contributed by atoms with Gasteiger partial charge in [-0.15, -0.1) is 0 Å². The van der Waals surface area contributed by atoms with Crippen molar-refractivity contribution in [3.8, 4) is 0 Å². The second-order valence-corrected chi connectivity index (χ2v) is 6.25. The van der Waals surface area contributed by atoms with E-state index in [0.717, 1.165) is 4.90 Å². The molecule has 22 heavy (non-hydrogen) atoms. The molecule has 7 nitrogen and oxygen atoms in total. The van der Waals surface area contributed by atoms with Crippen molar-refractivity contribution in [3.05, 3.63) is 11.8 Å². The van der Waals surface area contributed by atoms with Crippen LogP contribution in [0.15, 0.2) is 11.8 Å². The third-order valence-electron chi connectivity index (χ3n) is 2.78. The fourth-order valence-electron chi connectivity index (χ4n) is 2.05. The molecule has 1 atom stereocenters. The summed E-state index contributed by atoms with van der Waals surface area (Å²) in [4.78, 5) is 39.2. The third kappa shape index (κ3) is 4.47. The Morgan fingerprint density at radius 2 is 1.95 bits per heavy atom. The minimum Gasteiger partial charge on any atom is -0.464 e. The first-order chi connectivity index (χ1) is 10.1. The number of hydrogen-bond acceptors (Lipinski definition) is 6. The van der Waals surface area contributed by atoms with E-state index in [4.69, 9.17) is 9.47 Å². The Bertz CT molecular complexity index is 491. The van der Waals surface area contributed by atoms with E-state index in [9.17, 15) is 14.4 Å². The third-order valence-corrected chi connectivity index (χ3v) is 2.78. The highest BCUT2D eigenvalue weighted by Gasteiger charge is 2.46. The van der Waals surface area contributed by atoms with Crippen LogP contribution < -0.4 is 0 Å². The topological polar surface area (TPSA) is 76.2 Å². The maximum Gasteiger partial charge on any atom is 0.418 e. The van der Waals surface area contributed by atoms with Gasteiger partial charge in [0.25, 0.3) is 5.91 Å². The van der Waals surface area contributed by atoms with E-state index < -0.39 is 29.6 Å². The number of likely N-dealkylation sites (tertiary alicyclic amines) is 1. The van der Waals surface area contributed by atoms with Crippen molar-refractivity contribution in [2.75, 3.05) is 20.7 Å². The monoisotopic (exact) mass is 312 g/mol. The highest BCUT2D eigenvalue weighted by Crippen LogP contribution is 2.27. The molecule has 0 N–H and O–H groups in total. The number of carbonyl (C=O) groups is 3. The smallest absolute Gasteiger partial charge is 0.418 e. The second-order valence-electron chi connectivity index (χ2n) is 6.25. The summed E-state index contributed by atoms with van der Waals surface area (Å²) in [5, 5.41) is 0. The van der Waals surface area contributed by atoms with Gasteiger partial charge in [-0.25, -0.2) is 14.5 Å². The van der Waals surface area contributed by atoms with Gasteiger partial charge in [0.05, 0.1) is 6.61 Å². The average molecular weight is 312 g/mol. The molecule has 2 amide bonds. The zero-order valence-corrected chi connectivity index (χ0v) is 14.0. The van der Waals surface area contributed by atoms with E-state index >= 15 is 0 Å². The molecular formula is C15H24N2O5. The molecule has 0 aromatic rings. The summed E-state index contributed by atoms with van der Waals surface area (Å²) >= 11 is 0. The van der Waals surface area contributed by atoms with Gasteiger partial charge in [-0.05, 0) is 27.7 Å². The summed E-state index contributed by atoms with van der Waals surface area (Å²) < 4.78 is 10.2. The molecule has 124 valence electrons. The predicted octanol–water partition coefficient (Wildman–Crippen LogP) is 1.53. The zero-order chi connectivity index (χ0) is 17.1. The van der Waals surface area contributed by atoms with E-state index in [-0.39, 0.29) is 13.0 Å². The summed E-state index contributed by atoms with van der Waals surface area (Å²) in [6.45, 7) is 6.94. The summed E-state index contributed by atoms with van der Waals surface area (Å²) in [5.74, 6) is -1.13. The molecule has 0 unspecified atom stereocenters. The molecule has 0 saturated carbocycles. The number of imide groups is 1. The van der Waals surface area contributed by atoms with Crippen LogP contribution in [-0.2, 0) is 19.1 Å². The van der Waals surface area contributed by atoms with E-state index in [2.05, 4.69) is 0 Å². The van der Waals surface area contributed by atoms with Gasteiger partial charge in [-0.2, -0.15) is 0 Å². The van der Waals surface area contributed by atoms with Gasteiger partial charge >= 0.3 is 12.1 Å². The Hall–Kier alpha value is -2.05. The number of nitrogens with zero attached hydrogens (tertiary/aromatic N) is 2. The molecule has 1 fully saturated rings. The highest BCUT2D eigenvalue weighted by molar-refractivity contribution is 6.08. The number of rotatable bonds is 3. The Labute approximate surface area is 130 Å². The molecule has 0 radical (unpaired) electrons. The molecular weight excluding hydrogens is 288 g/mol. The quantitative estimate of drug-likeness (QED) is 0.581. The average Bonchev–Trinajstić information content (AvgIpc) is 2.64. The summed E-state index contributed by atoms with van der Waals surface area (Å²) in [7, 11) is 3.52. The molecule has 1 aliphatic rings. The molecule has 0 aliphatic carbocycles. The Balaban J connectivity index is 3.09. The number of ether oxygens (including phenoxy) is 2. The van der Waals surface area contributed by atoms with Crippen molar-refractivity contribution in [2.24, 2.45) is 0 Å². The Morgan fingerprint density at radius 1 is 1.36 bits per heavy atom. The second kappa shape index (κ2) is 6.81. The molecule has 0 aromatic carbocycles. The van der Waals surface area contributed by atoms with Gasteiger partial charge in [-0.3, -0.25) is 4.79 Å². The lowest BCUT2D eigenvalue weighted by atomic mass is 10.1. The van der Waals surface area contributed by atoms with Crippen LogP contribution in [0.25, 0.3) is 0 Å². The van der Waals surface area contributed by atoms with E-state index in [1.807, 2.05) is 0 Å². The van der Waals surface area contributed by atoms with E-state index in [1.165, 1.54) is 0 Å². The van der Waals surface area contributed by atoms with E-state index in [1.54, 1.807) is 52.9 Å². The van der Waals surface area contributed by atoms with Gasteiger partial charge in [-0.1, -0.05) is 0 Å². The van der Waals surface area contributed by atoms with Crippen molar-refractivity contribution in [2.45, 2.75) is 45.8 Å². The van der Waals surface area contributed by atoms with Gasteiger partial charge in [0, 0.05) is 32.3 Å². The number of esters is 1. The lowest BCUT2D eigenvalue weighted by Gasteiger charge is -2.26. The zero-order valence-electron chi connectivity index (χ0n) is 14.0. The van der Waals surface area contributed by atoms with E-state index in [0.29, 0.717) is 5.57 Å².